The normalized spacial score (nSPS) is 11.3. The lowest BCUT2D eigenvalue weighted by Crippen LogP contribution is -2.24. The van der Waals surface area contributed by atoms with Crippen LogP contribution in [0.4, 0.5) is 10.1 Å². The minimum absolute atomic E-state index is 0.219. The van der Waals surface area contributed by atoms with Gasteiger partial charge in [-0.3, -0.25) is 9.48 Å². The third-order valence-electron chi connectivity index (χ3n) is 4.61. The number of carbonyl (C=O) groups excluding carboxylic acids is 2. The number of aromatic nitrogens is 2. The second-order valence-electron chi connectivity index (χ2n) is 8.17. The zero-order valence-electron chi connectivity index (χ0n) is 18.3. The third-order valence-corrected chi connectivity index (χ3v) is 4.61. The highest BCUT2D eigenvalue weighted by Crippen LogP contribution is 2.33. The first-order valence-electron chi connectivity index (χ1n) is 10.1. The number of esters is 1. The fourth-order valence-corrected chi connectivity index (χ4v) is 3.24. The predicted molar refractivity (Wildman–Crippen MR) is 118 cm³/mol. The van der Waals surface area contributed by atoms with Crippen molar-refractivity contribution in [2.45, 2.75) is 40.2 Å². The monoisotopic (exact) mass is 423 g/mol. The summed E-state index contributed by atoms with van der Waals surface area (Å²) >= 11 is 0. The van der Waals surface area contributed by atoms with Gasteiger partial charge in [0.1, 0.15) is 5.82 Å². The Morgan fingerprint density at radius 3 is 2.29 bits per heavy atom. The summed E-state index contributed by atoms with van der Waals surface area (Å²) in [6.07, 6.45) is 0. The van der Waals surface area contributed by atoms with Gasteiger partial charge in [0.15, 0.2) is 0 Å². The quantitative estimate of drug-likeness (QED) is 0.569. The number of rotatable bonds is 5. The maximum absolute atomic E-state index is 13.4. The van der Waals surface area contributed by atoms with Crippen molar-refractivity contribution in [1.82, 2.24) is 9.78 Å². The van der Waals surface area contributed by atoms with Gasteiger partial charge in [0.05, 0.1) is 34.8 Å². The number of ether oxygens (including phenoxy) is 1. The SMILES string of the molecule is CCOC(=O)c1cc(-c2cc(-c3ccc(F)cc3)nn2C(C)(C)C)ccc1NC(C)=O. The zero-order chi connectivity index (χ0) is 22.8. The summed E-state index contributed by atoms with van der Waals surface area (Å²) in [6.45, 7) is 9.40. The highest BCUT2D eigenvalue weighted by molar-refractivity contribution is 6.01. The number of amides is 1. The molecule has 1 N–H and O–H groups in total. The van der Waals surface area contributed by atoms with Crippen molar-refractivity contribution in [2.24, 2.45) is 0 Å². The molecule has 0 bridgehead atoms. The van der Waals surface area contributed by atoms with Crippen molar-refractivity contribution >= 4 is 17.6 Å². The van der Waals surface area contributed by atoms with E-state index in [1.165, 1.54) is 19.1 Å². The summed E-state index contributed by atoms with van der Waals surface area (Å²) in [5, 5.41) is 7.42. The van der Waals surface area contributed by atoms with Crippen LogP contribution in [0, 0.1) is 5.82 Å². The van der Waals surface area contributed by atoms with Gasteiger partial charge in [-0.25, -0.2) is 9.18 Å². The molecule has 31 heavy (non-hydrogen) atoms. The van der Waals surface area contributed by atoms with Crippen molar-refractivity contribution in [3.05, 3.63) is 59.9 Å². The molecule has 3 aromatic rings. The molecule has 0 radical (unpaired) electrons. The lowest BCUT2D eigenvalue weighted by atomic mass is 10.0. The van der Waals surface area contributed by atoms with E-state index >= 15 is 0 Å². The van der Waals surface area contributed by atoms with Crippen LogP contribution < -0.4 is 5.32 Å². The second-order valence-corrected chi connectivity index (χ2v) is 8.17. The van der Waals surface area contributed by atoms with Crippen LogP contribution in [-0.2, 0) is 15.1 Å². The van der Waals surface area contributed by atoms with Crippen LogP contribution in [0.2, 0.25) is 0 Å². The topological polar surface area (TPSA) is 73.2 Å². The first-order valence-corrected chi connectivity index (χ1v) is 10.1. The van der Waals surface area contributed by atoms with E-state index in [2.05, 4.69) is 5.32 Å². The fourth-order valence-electron chi connectivity index (χ4n) is 3.24. The molecule has 2 aromatic carbocycles. The molecule has 1 amide bonds. The molecule has 1 aromatic heterocycles. The molecule has 0 unspecified atom stereocenters. The van der Waals surface area contributed by atoms with E-state index in [0.29, 0.717) is 11.4 Å². The number of hydrogen-bond acceptors (Lipinski definition) is 4. The Labute approximate surface area is 181 Å². The molecule has 0 atom stereocenters. The standard InChI is InChI=1S/C24H26FN3O3/c1-6-31-23(30)19-13-17(9-12-20(19)26-15(2)29)22-14-21(27-28(22)24(3,4)5)16-7-10-18(25)11-8-16/h7-14H,6H2,1-5H3,(H,26,29). The molecule has 0 saturated heterocycles. The molecule has 3 rings (SSSR count). The van der Waals surface area contributed by atoms with Gasteiger partial charge in [0, 0.05) is 18.1 Å². The Bertz CT molecular complexity index is 1110. The molecule has 0 saturated carbocycles. The molecule has 0 aliphatic carbocycles. The molecule has 0 fully saturated rings. The van der Waals surface area contributed by atoms with E-state index < -0.39 is 5.97 Å². The summed E-state index contributed by atoms with van der Waals surface area (Å²) in [4.78, 5) is 24.1. The first-order chi connectivity index (χ1) is 14.6. The molecular weight excluding hydrogens is 397 g/mol. The van der Waals surface area contributed by atoms with Crippen LogP contribution in [0.5, 0.6) is 0 Å². The molecule has 0 spiro atoms. The van der Waals surface area contributed by atoms with Gasteiger partial charge in [0.2, 0.25) is 5.91 Å². The van der Waals surface area contributed by atoms with Crippen LogP contribution in [0.25, 0.3) is 22.5 Å². The van der Waals surface area contributed by atoms with Gasteiger partial charge in [-0.05, 0) is 70.2 Å². The molecule has 7 heteroatoms. The summed E-state index contributed by atoms with van der Waals surface area (Å²) in [5.41, 5.74) is 3.29. The Hall–Kier alpha value is -3.48. The summed E-state index contributed by atoms with van der Waals surface area (Å²) in [6, 6.07) is 13.2. The van der Waals surface area contributed by atoms with E-state index in [1.807, 2.05) is 37.6 Å². The number of nitrogens with zero attached hydrogens (tertiary/aromatic N) is 2. The molecule has 0 aliphatic rings. The van der Waals surface area contributed by atoms with Crippen molar-refractivity contribution < 1.29 is 18.7 Å². The number of benzene rings is 2. The number of carbonyl (C=O) groups is 2. The number of anilines is 1. The minimum Gasteiger partial charge on any atom is -0.462 e. The Morgan fingerprint density at radius 2 is 1.71 bits per heavy atom. The second kappa shape index (κ2) is 8.71. The minimum atomic E-state index is -0.520. The maximum Gasteiger partial charge on any atom is 0.340 e. The average Bonchev–Trinajstić information content (AvgIpc) is 3.14. The Balaban J connectivity index is 2.16. The van der Waals surface area contributed by atoms with Gasteiger partial charge in [-0.2, -0.15) is 5.10 Å². The largest absolute Gasteiger partial charge is 0.462 e. The Kier molecular flexibility index (Phi) is 6.24. The lowest BCUT2D eigenvalue weighted by Gasteiger charge is -2.23. The van der Waals surface area contributed by atoms with Gasteiger partial charge in [0.25, 0.3) is 0 Å². The van der Waals surface area contributed by atoms with Crippen LogP contribution in [0.3, 0.4) is 0 Å². The molecule has 1 heterocycles. The van der Waals surface area contributed by atoms with Crippen LogP contribution in [0.15, 0.2) is 48.5 Å². The first kappa shape index (κ1) is 22.2. The highest BCUT2D eigenvalue weighted by Gasteiger charge is 2.23. The zero-order valence-corrected chi connectivity index (χ0v) is 18.3. The van der Waals surface area contributed by atoms with E-state index in [9.17, 15) is 14.0 Å². The number of nitrogens with one attached hydrogen (secondary N) is 1. The van der Waals surface area contributed by atoms with Gasteiger partial charge in [-0.15, -0.1) is 0 Å². The van der Waals surface area contributed by atoms with Crippen molar-refractivity contribution in [3.8, 4) is 22.5 Å². The van der Waals surface area contributed by atoms with Crippen LogP contribution >= 0.6 is 0 Å². The van der Waals surface area contributed by atoms with Crippen LogP contribution in [0.1, 0.15) is 45.0 Å². The summed E-state index contributed by atoms with van der Waals surface area (Å²) in [5.74, 6) is -1.11. The van der Waals surface area contributed by atoms with E-state index in [0.717, 1.165) is 16.8 Å². The average molecular weight is 423 g/mol. The fraction of sp³-hybridized carbons (Fsp3) is 0.292. The van der Waals surface area contributed by atoms with E-state index in [1.54, 1.807) is 31.2 Å². The van der Waals surface area contributed by atoms with Gasteiger partial charge in [-0.1, -0.05) is 6.07 Å². The van der Waals surface area contributed by atoms with E-state index in [-0.39, 0.29) is 29.4 Å². The molecule has 0 aliphatic heterocycles. The Morgan fingerprint density at radius 1 is 1.06 bits per heavy atom. The van der Waals surface area contributed by atoms with Crippen LogP contribution in [-0.4, -0.2) is 28.3 Å². The summed E-state index contributed by atoms with van der Waals surface area (Å²) < 4.78 is 20.4. The number of hydrogen-bond donors (Lipinski definition) is 1. The van der Waals surface area contributed by atoms with Crippen molar-refractivity contribution in [2.75, 3.05) is 11.9 Å². The smallest absolute Gasteiger partial charge is 0.340 e. The summed E-state index contributed by atoms with van der Waals surface area (Å²) in [7, 11) is 0. The van der Waals surface area contributed by atoms with E-state index in [4.69, 9.17) is 9.84 Å². The van der Waals surface area contributed by atoms with Gasteiger partial charge < -0.3 is 10.1 Å². The van der Waals surface area contributed by atoms with Gasteiger partial charge >= 0.3 is 5.97 Å². The highest BCUT2D eigenvalue weighted by atomic mass is 19.1. The third kappa shape index (κ3) is 4.99. The lowest BCUT2D eigenvalue weighted by molar-refractivity contribution is -0.114. The van der Waals surface area contributed by atoms with Crippen molar-refractivity contribution in [1.29, 1.82) is 0 Å². The number of halogens is 1. The molecular formula is C24H26FN3O3. The van der Waals surface area contributed by atoms with Crippen molar-refractivity contribution in [3.63, 3.8) is 0 Å². The maximum atomic E-state index is 13.4. The molecule has 162 valence electrons. The predicted octanol–water partition coefficient (Wildman–Crippen LogP) is 5.25. The molecule has 6 nitrogen and oxygen atoms in total.